The van der Waals surface area contributed by atoms with Crippen molar-refractivity contribution in [3.63, 3.8) is 0 Å². The Morgan fingerprint density at radius 2 is 1.28 bits per heavy atom. The number of phenols is 1. The third kappa shape index (κ3) is 20.9. The summed E-state index contributed by atoms with van der Waals surface area (Å²) in [6.45, 7) is 7.74. The van der Waals surface area contributed by atoms with Gasteiger partial charge in [0.1, 0.15) is 48.0 Å². The first kappa shape index (κ1) is 65.0. The number of fused-ring (bicyclic) bond motifs is 1. The molecular formula is C55H81N17O11. The van der Waals surface area contributed by atoms with Gasteiger partial charge in [-0.05, 0) is 107 Å². The number of imide groups is 1. The van der Waals surface area contributed by atoms with Crippen LogP contribution in [0.5, 0.6) is 5.75 Å². The zero-order valence-corrected chi connectivity index (χ0v) is 47.4. The lowest BCUT2D eigenvalue weighted by molar-refractivity contribution is -0.137. The molecule has 0 unspecified atom stereocenters. The third-order valence-electron chi connectivity index (χ3n) is 14.1. The summed E-state index contributed by atoms with van der Waals surface area (Å²) in [5.74, 6) is -7.50. The Hall–Kier alpha value is -8.82. The van der Waals surface area contributed by atoms with Crippen LogP contribution >= 0.6 is 0 Å². The molecule has 0 aliphatic carbocycles. The van der Waals surface area contributed by atoms with E-state index < -0.39 is 108 Å². The van der Waals surface area contributed by atoms with Gasteiger partial charge in [-0.25, -0.2) is 0 Å². The molecule has 0 spiro atoms. The highest BCUT2D eigenvalue weighted by atomic mass is 16.3. The number of benzene rings is 2. The quantitative estimate of drug-likeness (QED) is 0.0177. The summed E-state index contributed by atoms with van der Waals surface area (Å²) in [4.78, 5) is 149. The molecule has 83 heavy (non-hydrogen) atoms. The molecule has 3 aromatic rings. The maximum atomic E-state index is 14.5. The number of guanidine groups is 2. The standard InChI is InChI=1S/C55H81N17O11/c1-5-72-24-10-15-43(72)53(83)71-50(80)38(14-9-23-61-55(58)59)67-51(81)40(25-30(2)3)68-46(76)31(4)64-45(75)29-63-47(77)42(27-33-28-62-36-12-7-6-11-35(33)36)70-48(78)37(13-8-22-60-54(56)57)66-52(82)41(26-32-16-18-34(73)19-17-32)69-49(79)39-20-21-44(74)65-39/h6-7,11-12,16-19,28,30-31,37-43,62,73H,5,8-10,13-15,20-27,29H2,1-4H3,(H,63,77)(H,64,75)(H,65,74)(H,66,82)(H,67,81)(H,68,76)(H,69,79)(H,70,78)(H4,56,57,60)(H4,58,59,61)(H,71,80,83)/t31-,37+,38+,39+,40+,41+,42+,43+/m1/s1. The van der Waals surface area contributed by atoms with Crippen molar-refractivity contribution in [3.8, 4) is 5.75 Å². The van der Waals surface area contributed by atoms with Crippen LogP contribution in [0.25, 0.3) is 10.9 Å². The normalized spacial score (nSPS) is 17.0. The zero-order valence-electron chi connectivity index (χ0n) is 47.4. The summed E-state index contributed by atoms with van der Waals surface area (Å²) < 4.78 is 0. The molecule has 452 valence electrons. The van der Waals surface area contributed by atoms with Gasteiger partial charge < -0.3 is 75.6 Å². The topological polar surface area (TPSA) is 447 Å². The first-order valence-corrected chi connectivity index (χ1v) is 27.9. The highest BCUT2D eigenvalue weighted by molar-refractivity contribution is 6.02. The van der Waals surface area contributed by atoms with E-state index in [0.717, 1.165) is 17.3 Å². The number of aromatic nitrogens is 1. The number of hydrogen-bond acceptors (Lipinski definition) is 14. The fourth-order valence-electron chi connectivity index (χ4n) is 9.69. The average Bonchev–Trinajstić information content (AvgIpc) is 4.46. The summed E-state index contributed by atoms with van der Waals surface area (Å²) in [6, 6.07) is 4.02. The van der Waals surface area contributed by atoms with E-state index in [4.69, 9.17) is 22.9 Å². The number of para-hydroxylation sites is 1. The van der Waals surface area contributed by atoms with Crippen LogP contribution in [0, 0.1) is 5.92 Å². The molecule has 0 radical (unpaired) electrons. The van der Waals surface area contributed by atoms with Crippen molar-refractivity contribution in [2.24, 2.45) is 38.8 Å². The van der Waals surface area contributed by atoms with E-state index in [1.54, 1.807) is 24.4 Å². The number of H-pyrrole nitrogens is 1. The fraction of sp³-hybridized carbons (Fsp3) is 0.527. The number of aromatic amines is 1. The molecule has 28 nitrogen and oxygen atoms in total. The highest BCUT2D eigenvalue weighted by Gasteiger charge is 2.36. The number of nitrogens with zero attached hydrogens (tertiary/aromatic N) is 3. The number of carbonyl (C=O) groups excluding carboxylic acids is 10. The van der Waals surface area contributed by atoms with Crippen LogP contribution in [-0.4, -0.2) is 167 Å². The molecule has 0 saturated carbocycles. The van der Waals surface area contributed by atoms with E-state index in [-0.39, 0.29) is 100 Å². The van der Waals surface area contributed by atoms with Crippen molar-refractivity contribution in [2.45, 2.75) is 147 Å². The van der Waals surface area contributed by atoms with Crippen LogP contribution in [-0.2, 0) is 60.8 Å². The van der Waals surface area contributed by atoms with E-state index in [2.05, 4.69) is 62.8 Å². The van der Waals surface area contributed by atoms with Crippen LogP contribution in [0.15, 0.2) is 64.7 Å². The SMILES string of the molecule is CCN1CCC[C@H]1C(=O)NC(=O)[C@H](CCCN=C(N)N)NC(=O)[C@H](CC(C)C)NC(=O)[C@@H](C)NC(=O)CNC(=O)[C@H](Cc1c[nH]c2ccccc12)NC(=O)[C@H](CCCN=C(N)N)NC(=O)[C@H](Cc1ccc(O)cc1)NC(=O)[C@@H]1CCC(=O)N1. The Balaban J connectivity index is 1.29. The predicted molar refractivity (Wildman–Crippen MR) is 308 cm³/mol. The van der Waals surface area contributed by atoms with Crippen LogP contribution in [0.2, 0.25) is 0 Å². The number of aliphatic imine (C=N–C) groups is 2. The molecule has 2 aliphatic heterocycles. The van der Waals surface area contributed by atoms with Crippen molar-refractivity contribution < 1.29 is 53.1 Å². The highest BCUT2D eigenvalue weighted by Crippen LogP contribution is 2.21. The maximum absolute atomic E-state index is 14.5. The summed E-state index contributed by atoms with van der Waals surface area (Å²) in [5, 5.41) is 34.2. The summed E-state index contributed by atoms with van der Waals surface area (Å²) in [5.41, 5.74) is 23.9. The monoisotopic (exact) mass is 1160 g/mol. The fourth-order valence-corrected chi connectivity index (χ4v) is 9.69. The molecule has 2 saturated heterocycles. The summed E-state index contributed by atoms with van der Waals surface area (Å²) >= 11 is 0. The molecule has 10 amide bonds. The Kier molecular flexibility index (Phi) is 25.0. The molecule has 28 heteroatoms. The minimum atomic E-state index is -1.38. The molecule has 1 aromatic heterocycles. The lowest BCUT2D eigenvalue weighted by Gasteiger charge is -2.26. The van der Waals surface area contributed by atoms with Gasteiger partial charge in [-0.1, -0.05) is 51.1 Å². The maximum Gasteiger partial charge on any atom is 0.249 e. The number of nitrogens with one attached hydrogen (secondary N) is 10. The molecule has 2 aromatic carbocycles. The number of carbonyl (C=O) groups is 10. The van der Waals surface area contributed by atoms with Gasteiger partial charge in [-0.15, -0.1) is 0 Å². The summed E-state index contributed by atoms with van der Waals surface area (Å²) in [7, 11) is 0. The van der Waals surface area contributed by atoms with E-state index >= 15 is 0 Å². The van der Waals surface area contributed by atoms with Crippen LogP contribution in [0.1, 0.15) is 96.6 Å². The summed E-state index contributed by atoms with van der Waals surface area (Å²) in [6.07, 6.45) is 3.64. The van der Waals surface area contributed by atoms with Crippen LogP contribution < -0.4 is 70.8 Å². The molecule has 5 rings (SSSR count). The van der Waals surface area contributed by atoms with Gasteiger partial charge in [0.2, 0.25) is 59.1 Å². The molecule has 0 bridgehead atoms. The predicted octanol–water partition coefficient (Wildman–Crippen LogP) is -2.74. The number of likely N-dealkylation sites (tertiary alicyclic amines) is 1. The first-order chi connectivity index (χ1) is 39.5. The number of amides is 10. The smallest absolute Gasteiger partial charge is 0.249 e. The molecule has 19 N–H and O–H groups in total. The second-order valence-electron chi connectivity index (χ2n) is 21.1. The Morgan fingerprint density at radius 3 is 1.89 bits per heavy atom. The van der Waals surface area contributed by atoms with Gasteiger partial charge in [0.15, 0.2) is 11.9 Å². The zero-order chi connectivity index (χ0) is 60.8. The van der Waals surface area contributed by atoms with Gasteiger partial charge >= 0.3 is 0 Å². The van der Waals surface area contributed by atoms with E-state index in [1.807, 2.05) is 43.9 Å². The number of phenolic OH excluding ortho intramolecular Hbond substituents is 1. The van der Waals surface area contributed by atoms with Gasteiger partial charge in [0.25, 0.3) is 0 Å². The average molecular weight is 1160 g/mol. The van der Waals surface area contributed by atoms with Crippen molar-refractivity contribution in [1.29, 1.82) is 0 Å². The largest absolute Gasteiger partial charge is 0.508 e. The minimum absolute atomic E-state index is 0.0358. The Bertz CT molecular complexity index is 2830. The molecule has 2 aliphatic rings. The molecule has 3 heterocycles. The van der Waals surface area contributed by atoms with Gasteiger partial charge in [0.05, 0.1) is 12.6 Å². The van der Waals surface area contributed by atoms with Gasteiger partial charge in [-0.3, -0.25) is 68.1 Å². The van der Waals surface area contributed by atoms with E-state index in [9.17, 15) is 53.1 Å². The Morgan fingerprint density at radius 1 is 0.687 bits per heavy atom. The molecular weight excluding hydrogens is 1070 g/mol. The van der Waals surface area contributed by atoms with Gasteiger partial charge in [-0.2, -0.15) is 0 Å². The third-order valence-corrected chi connectivity index (χ3v) is 14.1. The Labute approximate surface area is 481 Å². The van der Waals surface area contributed by atoms with Crippen LogP contribution in [0.3, 0.4) is 0 Å². The lowest BCUT2D eigenvalue weighted by atomic mass is 10.0. The second-order valence-corrected chi connectivity index (χ2v) is 21.1. The van der Waals surface area contributed by atoms with Gasteiger partial charge in [0, 0.05) is 49.5 Å². The minimum Gasteiger partial charge on any atom is -0.508 e. The number of hydrogen-bond donors (Lipinski definition) is 15. The molecule has 2 fully saturated rings. The number of nitrogens with two attached hydrogens (primary N) is 4. The van der Waals surface area contributed by atoms with Crippen molar-refractivity contribution in [3.05, 3.63) is 65.9 Å². The van der Waals surface area contributed by atoms with Crippen LogP contribution in [0.4, 0.5) is 0 Å². The lowest BCUT2D eigenvalue weighted by Crippen LogP contribution is -2.59. The van der Waals surface area contributed by atoms with Crippen molar-refractivity contribution in [1.82, 2.24) is 57.7 Å². The van der Waals surface area contributed by atoms with E-state index in [1.165, 1.54) is 19.1 Å². The second kappa shape index (κ2) is 32.0. The number of rotatable bonds is 31. The van der Waals surface area contributed by atoms with Crippen molar-refractivity contribution in [2.75, 3.05) is 32.7 Å². The number of aromatic hydroxyl groups is 1. The number of likely N-dealkylation sites (N-methyl/N-ethyl adjacent to an activating group) is 1. The molecule has 8 atom stereocenters. The van der Waals surface area contributed by atoms with Crippen molar-refractivity contribution >= 4 is 81.9 Å². The first-order valence-electron chi connectivity index (χ1n) is 27.9. The van der Waals surface area contributed by atoms with E-state index in [0.29, 0.717) is 30.6 Å².